The van der Waals surface area contributed by atoms with E-state index in [1.54, 1.807) is 11.1 Å². The minimum atomic E-state index is 0.0701. The van der Waals surface area contributed by atoms with Crippen LogP contribution in [0.3, 0.4) is 0 Å². The van der Waals surface area contributed by atoms with Gasteiger partial charge in [0.15, 0.2) is 0 Å². The summed E-state index contributed by atoms with van der Waals surface area (Å²) in [7, 11) is 0. The Morgan fingerprint density at radius 2 is 0.336 bits per heavy atom. The van der Waals surface area contributed by atoms with Crippen LogP contribution in [0.1, 0.15) is 275 Å². The number of hydrogen-bond acceptors (Lipinski definition) is 4. The second-order valence-electron chi connectivity index (χ2n) is 34.8. The molecular formula is C115H138N4. The van der Waals surface area contributed by atoms with Gasteiger partial charge in [-0.2, -0.15) is 0 Å². The van der Waals surface area contributed by atoms with Crippen molar-refractivity contribution in [2.24, 2.45) is 0 Å². The van der Waals surface area contributed by atoms with E-state index in [1.165, 1.54) is 279 Å². The molecule has 0 amide bonds. The lowest BCUT2D eigenvalue weighted by Crippen LogP contribution is -2.25. The number of fused-ring (bicyclic) bond motifs is 3. The maximum atomic E-state index is 2.57. The molecule has 0 bridgehead atoms. The van der Waals surface area contributed by atoms with E-state index in [0.717, 1.165) is 74.1 Å². The molecule has 0 spiro atoms. The van der Waals surface area contributed by atoms with Crippen LogP contribution >= 0.6 is 0 Å². The molecule has 0 fully saturated rings. The molecule has 12 aromatic carbocycles. The average molecular weight is 1580 g/mol. The Bertz CT molecular complexity index is 4540. The lowest BCUT2D eigenvalue weighted by Gasteiger charge is -2.33. The van der Waals surface area contributed by atoms with Gasteiger partial charge in [-0.1, -0.05) is 289 Å². The number of nitrogens with zero attached hydrogens (tertiary/aromatic N) is 4. The molecule has 0 aliphatic heterocycles. The zero-order chi connectivity index (χ0) is 82.4. The molecule has 618 valence electrons. The van der Waals surface area contributed by atoms with E-state index >= 15 is 0 Å². The smallest absolute Gasteiger partial charge is 0.0463 e. The first kappa shape index (κ1) is 86.7. The molecule has 1 aliphatic rings. The van der Waals surface area contributed by atoms with Crippen molar-refractivity contribution in [2.45, 2.75) is 279 Å². The standard InChI is InChI=1S/C115H138N4/c1-9-15-33-91-43-59-99(60-44-91)116(100-61-45-92(46-62-100)34-16-10-2)107-75-79-109(80-76-107)118(103-67-51-95(52-68-103)37-19-13-5)105-71-55-97(56-72-105)39-29-25-21-23-27-31-85-115(113-87-89(7)41-83-111(113)112-84-42-90(8)88-114(112)115)86-32-28-24-22-26-30-40-98-57-73-106(74-58-98)119(104-69-53-96(54-70-104)38-20-14-6)110-81-77-108(78-82-110)117(101-63-47-93(48-64-101)35-17-11-3)102-65-49-94(50-66-102)36-18-12-4/h41-84,87-88H,9-40,85-86H2,1-8H3. The van der Waals surface area contributed by atoms with Gasteiger partial charge in [0.2, 0.25) is 0 Å². The molecule has 0 unspecified atom stereocenters. The van der Waals surface area contributed by atoms with Gasteiger partial charge in [0, 0.05) is 73.7 Å². The van der Waals surface area contributed by atoms with Crippen LogP contribution in [-0.2, 0) is 56.8 Å². The predicted octanol–water partition coefficient (Wildman–Crippen LogP) is 34.5. The minimum absolute atomic E-state index is 0.0701. The maximum Gasteiger partial charge on any atom is 0.0463 e. The Morgan fingerprint density at radius 3 is 0.521 bits per heavy atom. The van der Waals surface area contributed by atoms with Crippen LogP contribution in [0.5, 0.6) is 0 Å². The van der Waals surface area contributed by atoms with Crippen LogP contribution < -0.4 is 19.6 Å². The molecular weight excluding hydrogens is 1440 g/mol. The minimum Gasteiger partial charge on any atom is -0.311 e. The van der Waals surface area contributed by atoms with Gasteiger partial charge in [-0.15, -0.1) is 0 Å². The third kappa shape index (κ3) is 23.3. The van der Waals surface area contributed by atoms with Crippen molar-refractivity contribution in [1.29, 1.82) is 0 Å². The van der Waals surface area contributed by atoms with E-state index in [2.05, 4.69) is 354 Å². The van der Waals surface area contributed by atoms with E-state index in [1.807, 2.05) is 0 Å². The fraction of sp³-hybridized carbons (Fsp3) is 0.374. The number of unbranched alkanes of at least 4 members (excludes halogenated alkanes) is 16. The van der Waals surface area contributed by atoms with Gasteiger partial charge in [-0.05, 0) is 342 Å². The average Bonchev–Trinajstić information content (AvgIpc) is 1.56. The van der Waals surface area contributed by atoms with Gasteiger partial charge in [-0.3, -0.25) is 0 Å². The molecule has 1 aliphatic carbocycles. The second kappa shape index (κ2) is 44.8. The van der Waals surface area contributed by atoms with Crippen molar-refractivity contribution in [1.82, 2.24) is 0 Å². The van der Waals surface area contributed by atoms with Crippen LogP contribution in [0.15, 0.2) is 279 Å². The number of aryl methyl sites for hydroxylation is 10. The second-order valence-corrected chi connectivity index (χ2v) is 34.8. The van der Waals surface area contributed by atoms with Crippen molar-refractivity contribution in [3.63, 3.8) is 0 Å². The van der Waals surface area contributed by atoms with Gasteiger partial charge in [-0.25, -0.2) is 0 Å². The highest BCUT2D eigenvalue weighted by atomic mass is 15.2. The summed E-state index contributed by atoms with van der Waals surface area (Å²) in [5.41, 5.74) is 34.4. The van der Waals surface area contributed by atoms with Gasteiger partial charge >= 0.3 is 0 Å². The number of hydrogen-bond donors (Lipinski definition) is 0. The zero-order valence-corrected chi connectivity index (χ0v) is 73.9. The largest absolute Gasteiger partial charge is 0.311 e. The van der Waals surface area contributed by atoms with Crippen molar-refractivity contribution in [3.05, 3.63) is 346 Å². The summed E-state index contributed by atoms with van der Waals surface area (Å²) in [4.78, 5) is 9.75. The topological polar surface area (TPSA) is 13.0 Å². The Balaban J connectivity index is 0.610. The molecule has 0 radical (unpaired) electrons. The molecule has 4 nitrogen and oxygen atoms in total. The van der Waals surface area contributed by atoms with E-state index < -0.39 is 0 Å². The monoisotopic (exact) mass is 1580 g/mol. The third-order valence-electron chi connectivity index (χ3n) is 25.5. The number of anilines is 12. The van der Waals surface area contributed by atoms with Gasteiger partial charge < -0.3 is 19.6 Å². The highest BCUT2D eigenvalue weighted by molar-refractivity contribution is 5.85. The van der Waals surface area contributed by atoms with Gasteiger partial charge in [0.25, 0.3) is 0 Å². The molecule has 4 heteroatoms. The SMILES string of the molecule is CCCCc1ccc(N(c2ccc(CCCC)cc2)c2ccc(N(c3ccc(CCCC)cc3)c3ccc(CCCCCCCCC4(CCCCCCCCc5ccc(N(c6ccc(CCCC)cc6)c6ccc(N(c7ccc(CCCC)cc7)c7ccc(CCCC)cc7)cc6)cc5)c5cc(C)ccc5-c5ccc(C)cc54)cc3)cc2)cc1. The first-order valence-electron chi connectivity index (χ1n) is 46.9. The van der Waals surface area contributed by atoms with Crippen LogP contribution in [0.25, 0.3) is 11.1 Å². The first-order chi connectivity index (χ1) is 58.5. The van der Waals surface area contributed by atoms with Crippen molar-refractivity contribution >= 4 is 68.2 Å². The Labute approximate surface area is 719 Å². The first-order valence-corrected chi connectivity index (χ1v) is 46.9. The molecule has 0 N–H and O–H groups in total. The normalized spacial score (nSPS) is 12.1. The summed E-state index contributed by atoms with van der Waals surface area (Å²) in [5.74, 6) is 0. The predicted molar refractivity (Wildman–Crippen MR) is 517 cm³/mol. The summed E-state index contributed by atoms with van der Waals surface area (Å²) >= 11 is 0. The summed E-state index contributed by atoms with van der Waals surface area (Å²) in [6.45, 7) is 18.3. The van der Waals surface area contributed by atoms with Crippen LogP contribution in [0.2, 0.25) is 0 Å². The molecule has 0 atom stereocenters. The highest BCUT2D eigenvalue weighted by Crippen LogP contribution is 2.55. The fourth-order valence-electron chi connectivity index (χ4n) is 18.4. The quantitative estimate of drug-likeness (QED) is 0.0352. The molecule has 0 heterocycles. The summed E-state index contributed by atoms with van der Waals surface area (Å²) in [6, 6.07) is 108. The third-order valence-corrected chi connectivity index (χ3v) is 25.5. The number of benzene rings is 12. The van der Waals surface area contributed by atoms with E-state index in [0.29, 0.717) is 0 Å². The summed E-state index contributed by atoms with van der Waals surface area (Å²) in [5, 5.41) is 0. The number of rotatable bonds is 48. The van der Waals surface area contributed by atoms with Crippen LogP contribution in [-0.4, -0.2) is 0 Å². The van der Waals surface area contributed by atoms with E-state index in [-0.39, 0.29) is 5.41 Å². The molecule has 0 aromatic heterocycles. The lowest BCUT2D eigenvalue weighted by atomic mass is 9.70. The summed E-state index contributed by atoms with van der Waals surface area (Å²) in [6.07, 6.45) is 41.1. The van der Waals surface area contributed by atoms with E-state index in [4.69, 9.17) is 0 Å². The molecule has 0 saturated heterocycles. The van der Waals surface area contributed by atoms with Gasteiger partial charge in [0.05, 0.1) is 0 Å². The highest BCUT2D eigenvalue weighted by Gasteiger charge is 2.42. The molecule has 13 rings (SSSR count). The van der Waals surface area contributed by atoms with Crippen molar-refractivity contribution in [2.75, 3.05) is 19.6 Å². The van der Waals surface area contributed by atoms with Crippen molar-refractivity contribution < 1.29 is 0 Å². The van der Waals surface area contributed by atoms with E-state index in [9.17, 15) is 0 Å². The lowest BCUT2D eigenvalue weighted by molar-refractivity contribution is 0.397. The fourth-order valence-corrected chi connectivity index (χ4v) is 18.4. The van der Waals surface area contributed by atoms with Crippen LogP contribution in [0, 0.1) is 13.8 Å². The zero-order valence-electron chi connectivity index (χ0n) is 73.9. The van der Waals surface area contributed by atoms with Gasteiger partial charge in [0.1, 0.15) is 0 Å². The Morgan fingerprint density at radius 1 is 0.176 bits per heavy atom. The molecule has 119 heavy (non-hydrogen) atoms. The summed E-state index contributed by atoms with van der Waals surface area (Å²) < 4.78 is 0. The molecule has 12 aromatic rings. The Kier molecular flexibility index (Phi) is 32.6. The Hall–Kier alpha value is -10.2. The maximum absolute atomic E-state index is 2.57. The molecule has 0 saturated carbocycles. The van der Waals surface area contributed by atoms with Crippen LogP contribution in [0.4, 0.5) is 68.2 Å². The van der Waals surface area contributed by atoms with Crippen molar-refractivity contribution in [3.8, 4) is 11.1 Å².